The number of hydrogen-bond acceptors (Lipinski definition) is 3. The number of fused-ring (bicyclic) bond motifs is 2. The zero-order valence-corrected chi connectivity index (χ0v) is 24.3. The van der Waals surface area contributed by atoms with Crippen molar-refractivity contribution < 1.29 is 9.90 Å². The first-order valence-electron chi connectivity index (χ1n) is 8.87. The molecule has 0 radical (unpaired) electrons. The van der Waals surface area contributed by atoms with Gasteiger partial charge in [0.2, 0.25) is 0 Å². The third kappa shape index (κ3) is 3.21. The minimum atomic E-state index is -2.23. The molecule has 144 valence electrons. The molecule has 1 aliphatic heterocycles. The number of carbonyl (C=O) groups is 1. The molecule has 0 spiro atoms. The van der Waals surface area contributed by atoms with Crippen molar-refractivity contribution in [2.24, 2.45) is 4.99 Å². The number of phenolic OH excluding ortho intramolecular Hbond substituents is 1. The fraction of sp³-hybridized carbons (Fsp3) is 0.200. The number of phenols is 1. The molecule has 8 heteroatoms. The molecule has 0 saturated heterocycles. The van der Waals surface area contributed by atoms with Gasteiger partial charge in [-0.2, -0.15) is 0 Å². The fourth-order valence-corrected chi connectivity index (χ4v) is 15.5. The second-order valence-corrected chi connectivity index (χ2v) is 18.4. The molecule has 0 amide bonds. The van der Waals surface area contributed by atoms with Gasteiger partial charge in [0.25, 0.3) is 0 Å². The van der Waals surface area contributed by atoms with Crippen LogP contribution < -0.4 is 5.19 Å². The van der Waals surface area contributed by atoms with Crippen molar-refractivity contribution in [1.82, 2.24) is 0 Å². The molecule has 0 unspecified atom stereocenters. The van der Waals surface area contributed by atoms with Crippen molar-refractivity contribution in [3.63, 3.8) is 0 Å². The molecule has 28 heavy (non-hydrogen) atoms. The standard InChI is InChI=1S/C20H16I3NO2SeSi/c1-3-28(4-2)14-9-10(25)5-6-11(14)24-12-7-8-13(26)15(19(12)28)18-16(21)17(22)20(23)27-18/h5-9,26H,3-4H2,1-2H3. The Morgan fingerprint density at radius 3 is 2.43 bits per heavy atom. The Bertz CT molecular complexity index is 1110. The zero-order chi connectivity index (χ0) is 20.2. The number of hydrogen-bond donors (Lipinski definition) is 1. The normalized spacial score (nSPS) is 17.1. The van der Waals surface area contributed by atoms with Crippen LogP contribution >= 0.6 is 67.8 Å². The molecule has 0 atom stereocenters. The number of carbonyl (C=O) groups excluding carboxylic acids is 1. The molecule has 1 aromatic carbocycles. The van der Waals surface area contributed by atoms with Gasteiger partial charge in [0.05, 0.1) is 0 Å². The Balaban J connectivity index is 2.14. The molecule has 1 aliphatic carbocycles. The van der Waals surface area contributed by atoms with E-state index in [0.29, 0.717) is 5.75 Å². The minimum absolute atomic E-state index is 0.0440. The van der Waals surface area contributed by atoms with Crippen LogP contribution in [0.15, 0.2) is 40.5 Å². The van der Waals surface area contributed by atoms with E-state index < -0.39 is 8.07 Å². The van der Waals surface area contributed by atoms with Crippen LogP contribution in [0.4, 0.5) is 5.69 Å². The van der Waals surface area contributed by atoms with E-state index in [2.05, 4.69) is 81.6 Å². The maximum absolute atomic E-state index is 12.2. The molecule has 0 saturated carbocycles. The van der Waals surface area contributed by atoms with E-state index in [1.165, 1.54) is 19.2 Å². The van der Waals surface area contributed by atoms with E-state index in [-0.39, 0.29) is 20.3 Å². The molecule has 0 bridgehead atoms. The summed E-state index contributed by atoms with van der Waals surface area (Å²) in [6, 6.07) is 5.71. The molecule has 3 nitrogen and oxygen atoms in total. The fourth-order valence-electron chi connectivity index (χ4n) is 4.16. The number of aliphatic imine (C=N–C) groups is 1. The van der Waals surface area contributed by atoms with Crippen LogP contribution in [0.2, 0.25) is 12.1 Å². The van der Waals surface area contributed by atoms with Crippen molar-refractivity contribution in [2.75, 3.05) is 0 Å². The summed E-state index contributed by atoms with van der Waals surface area (Å²) >= 11 is 7.45. The first-order valence-corrected chi connectivity index (χ1v) is 16.2. The van der Waals surface area contributed by atoms with Gasteiger partial charge in [0, 0.05) is 0 Å². The van der Waals surface area contributed by atoms with Crippen LogP contribution in [-0.4, -0.2) is 39.2 Å². The quantitative estimate of drug-likeness (QED) is 0.261. The number of allylic oxidation sites excluding steroid dienone is 4. The zero-order valence-electron chi connectivity index (χ0n) is 15.1. The SMILES string of the molecule is CC[Si]1(CC)C2=CC(=O)C=CC2=Nc2ccc(O)c(-c3[se]c(I)c(I)c3I)c21. The molecule has 2 aliphatic rings. The summed E-state index contributed by atoms with van der Waals surface area (Å²) < 4.78 is 5.16. The Morgan fingerprint density at radius 1 is 1.11 bits per heavy atom. The summed E-state index contributed by atoms with van der Waals surface area (Å²) in [5.41, 5.74) is 2.89. The summed E-state index contributed by atoms with van der Waals surface area (Å²) in [7, 11) is -2.23. The van der Waals surface area contributed by atoms with Crippen LogP contribution in [0, 0.1) is 9.58 Å². The summed E-state index contributed by atoms with van der Waals surface area (Å²) in [6.45, 7) is 4.45. The van der Waals surface area contributed by atoms with Gasteiger partial charge in [0.1, 0.15) is 0 Å². The van der Waals surface area contributed by atoms with Crippen molar-refractivity contribution in [2.45, 2.75) is 25.9 Å². The van der Waals surface area contributed by atoms with E-state index in [0.717, 1.165) is 34.2 Å². The first kappa shape index (κ1) is 21.5. The molecule has 1 N–H and O–H groups in total. The van der Waals surface area contributed by atoms with Crippen LogP contribution in [-0.2, 0) is 4.79 Å². The Kier molecular flexibility index (Phi) is 6.19. The summed E-state index contributed by atoms with van der Waals surface area (Å²) in [5.74, 6) is 0.387. The van der Waals surface area contributed by atoms with Crippen molar-refractivity contribution >= 4 is 113 Å². The van der Waals surface area contributed by atoms with Crippen molar-refractivity contribution in [1.29, 1.82) is 0 Å². The number of benzene rings is 1. The summed E-state index contributed by atoms with van der Waals surface area (Å²) in [6.07, 6.45) is 5.29. The van der Waals surface area contributed by atoms with E-state index in [4.69, 9.17) is 4.99 Å². The Morgan fingerprint density at radius 2 is 1.82 bits per heavy atom. The average molecular weight is 790 g/mol. The van der Waals surface area contributed by atoms with Gasteiger partial charge in [-0.15, -0.1) is 0 Å². The molecule has 2 aromatic rings. The number of ketones is 1. The Hall–Kier alpha value is 0.246. The van der Waals surface area contributed by atoms with Gasteiger partial charge in [-0.05, 0) is 0 Å². The molecule has 4 rings (SSSR count). The van der Waals surface area contributed by atoms with Crippen LogP contribution in [0.3, 0.4) is 0 Å². The van der Waals surface area contributed by atoms with Crippen LogP contribution in [0.5, 0.6) is 5.75 Å². The summed E-state index contributed by atoms with van der Waals surface area (Å²) in [5, 5.41) is 13.4. The van der Waals surface area contributed by atoms with Gasteiger partial charge in [-0.1, -0.05) is 0 Å². The Labute approximate surface area is 212 Å². The second-order valence-electron chi connectivity index (χ2n) is 6.77. The molecule has 1 aromatic heterocycles. The molecular weight excluding hydrogens is 774 g/mol. The average Bonchev–Trinajstić information content (AvgIpc) is 2.94. The number of nitrogens with zero attached hydrogens (tertiary/aromatic N) is 1. The van der Waals surface area contributed by atoms with E-state index >= 15 is 0 Å². The molecule has 0 fully saturated rings. The van der Waals surface area contributed by atoms with Crippen LogP contribution in [0.25, 0.3) is 10.0 Å². The summed E-state index contributed by atoms with van der Waals surface area (Å²) in [4.78, 5) is 17.2. The van der Waals surface area contributed by atoms with Gasteiger partial charge in [-0.3, -0.25) is 0 Å². The van der Waals surface area contributed by atoms with Crippen molar-refractivity contribution in [3.8, 4) is 15.8 Å². The molecule has 2 heterocycles. The van der Waals surface area contributed by atoms with Gasteiger partial charge < -0.3 is 0 Å². The monoisotopic (exact) mass is 791 g/mol. The second kappa shape index (κ2) is 8.06. The third-order valence-electron chi connectivity index (χ3n) is 5.55. The van der Waals surface area contributed by atoms with Gasteiger partial charge >= 0.3 is 214 Å². The number of rotatable bonds is 3. The van der Waals surface area contributed by atoms with Crippen molar-refractivity contribution in [3.05, 3.63) is 45.1 Å². The predicted molar refractivity (Wildman–Crippen MR) is 144 cm³/mol. The number of aromatic hydroxyl groups is 1. The van der Waals surface area contributed by atoms with E-state index in [1.807, 2.05) is 12.1 Å². The first-order chi connectivity index (χ1) is 13.3. The van der Waals surface area contributed by atoms with Gasteiger partial charge in [-0.25, -0.2) is 0 Å². The molecular formula is C20H16I3NO2SeSi. The maximum atomic E-state index is 12.2. The van der Waals surface area contributed by atoms with Gasteiger partial charge in [0.15, 0.2) is 0 Å². The third-order valence-corrected chi connectivity index (χ3v) is 20.5. The van der Waals surface area contributed by atoms with E-state index in [1.54, 1.807) is 18.2 Å². The van der Waals surface area contributed by atoms with E-state index in [9.17, 15) is 9.90 Å². The predicted octanol–water partition coefficient (Wildman–Crippen LogP) is 5.32. The van der Waals surface area contributed by atoms with Crippen LogP contribution in [0.1, 0.15) is 13.8 Å². The number of halogens is 3. The topological polar surface area (TPSA) is 49.7 Å².